The molecule has 0 spiro atoms. The van der Waals surface area contributed by atoms with Gasteiger partial charge in [-0.2, -0.15) is 5.10 Å². The summed E-state index contributed by atoms with van der Waals surface area (Å²) in [5.41, 5.74) is 3.71. The van der Waals surface area contributed by atoms with E-state index in [0.29, 0.717) is 17.9 Å². The number of rotatable bonds is 7. The second kappa shape index (κ2) is 9.33. The number of thiazole rings is 1. The minimum absolute atomic E-state index is 0.120. The number of thioether (sulfide) groups is 1. The van der Waals surface area contributed by atoms with Crippen LogP contribution >= 0.6 is 23.1 Å². The van der Waals surface area contributed by atoms with Crippen LogP contribution in [0.25, 0.3) is 16.0 Å². The molecule has 1 amide bonds. The fourth-order valence-corrected chi connectivity index (χ4v) is 5.28. The summed E-state index contributed by atoms with van der Waals surface area (Å²) in [6.07, 6.45) is 5.25. The van der Waals surface area contributed by atoms with Crippen molar-refractivity contribution in [1.82, 2.24) is 25.1 Å². The Hall–Kier alpha value is -3.49. The Morgan fingerprint density at radius 2 is 1.88 bits per heavy atom. The minimum Gasteiger partial charge on any atom is -0.348 e. The third-order valence-corrected chi connectivity index (χ3v) is 7.13. The van der Waals surface area contributed by atoms with E-state index >= 15 is 0 Å². The van der Waals surface area contributed by atoms with Gasteiger partial charge in [0.15, 0.2) is 10.2 Å². The first-order valence-corrected chi connectivity index (χ1v) is 11.9. The predicted octanol–water partition coefficient (Wildman–Crippen LogP) is 5.10. The van der Waals surface area contributed by atoms with Crippen LogP contribution in [0, 0.1) is 0 Å². The maximum absolute atomic E-state index is 12.6. The van der Waals surface area contributed by atoms with Crippen molar-refractivity contribution in [2.45, 2.75) is 16.6 Å². The van der Waals surface area contributed by atoms with Crippen molar-refractivity contribution in [3.05, 3.63) is 102 Å². The Morgan fingerprint density at radius 1 is 1.00 bits per heavy atom. The second-order valence-corrected chi connectivity index (χ2v) is 9.31. The molecule has 3 aromatic heterocycles. The summed E-state index contributed by atoms with van der Waals surface area (Å²) >= 11 is 3.42. The zero-order chi connectivity index (χ0) is 21.8. The summed E-state index contributed by atoms with van der Waals surface area (Å²) in [4.78, 5) is 21.7. The van der Waals surface area contributed by atoms with Gasteiger partial charge >= 0.3 is 0 Å². The number of carbonyl (C=O) groups is 1. The molecule has 5 rings (SSSR count). The Balaban J connectivity index is 1.19. The van der Waals surface area contributed by atoms with Crippen molar-refractivity contribution < 1.29 is 4.79 Å². The van der Waals surface area contributed by atoms with Crippen molar-refractivity contribution in [3.63, 3.8) is 0 Å². The highest BCUT2D eigenvalue weighted by Crippen LogP contribution is 2.31. The van der Waals surface area contributed by atoms with Gasteiger partial charge in [-0.15, -0.1) is 11.3 Å². The molecule has 32 heavy (non-hydrogen) atoms. The molecule has 3 heterocycles. The van der Waals surface area contributed by atoms with Gasteiger partial charge in [-0.3, -0.25) is 4.79 Å². The molecule has 8 heteroatoms. The monoisotopic (exact) mass is 457 g/mol. The van der Waals surface area contributed by atoms with Crippen LogP contribution in [-0.4, -0.2) is 25.7 Å². The first-order chi connectivity index (χ1) is 15.8. The molecule has 0 bridgehead atoms. The van der Waals surface area contributed by atoms with Gasteiger partial charge in [0.1, 0.15) is 0 Å². The molecule has 0 saturated carbocycles. The number of fused-ring (bicyclic) bond motifs is 1. The predicted molar refractivity (Wildman–Crippen MR) is 128 cm³/mol. The topological polar surface area (TPSA) is 72.7 Å². The molecule has 0 atom stereocenters. The van der Waals surface area contributed by atoms with Crippen molar-refractivity contribution in [3.8, 4) is 5.82 Å². The summed E-state index contributed by atoms with van der Waals surface area (Å²) < 4.78 is 3.95. The summed E-state index contributed by atoms with van der Waals surface area (Å²) in [5.74, 6) is 1.40. The molecule has 158 valence electrons. The Labute approximate surface area is 193 Å². The fourth-order valence-electron chi connectivity index (χ4n) is 3.26. The quantitative estimate of drug-likeness (QED) is 0.344. The van der Waals surface area contributed by atoms with Crippen LogP contribution in [0.1, 0.15) is 21.5 Å². The lowest BCUT2D eigenvalue weighted by atomic mass is 10.1. The molecule has 0 aliphatic rings. The van der Waals surface area contributed by atoms with Gasteiger partial charge in [0.05, 0.1) is 10.2 Å². The number of amides is 1. The van der Waals surface area contributed by atoms with Crippen LogP contribution in [0.3, 0.4) is 0 Å². The van der Waals surface area contributed by atoms with E-state index in [1.165, 1.54) is 4.70 Å². The molecule has 0 unspecified atom stereocenters. The van der Waals surface area contributed by atoms with Crippen LogP contribution in [0.5, 0.6) is 0 Å². The average Bonchev–Trinajstić information content (AvgIpc) is 3.51. The second-order valence-electron chi connectivity index (χ2n) is 7.05. The van der Waals surface area contributed by atoms with Gasteiger partial charge in [-0.1, -0.05) is 42.1 Å². The van der Waals surface area contributed by atoms with Crippen LogP contribution in [0.15, 0.2) is 89.7 Å². The number of aromatic nitrogens is 4. The fraction of sp³-hybridized carbons (Fsp3) is 0.0833. The van der Waals surface area contributed by atoms with Crippen molar-refractivity contribution in [1.29, 1.82) is 0 Å². The molecule has 6 nitrogen and oxygen atoms in total. The van der Waals surface area contributed by atoms with Gasteiger partial charge in [0.25, 0.3) is 5.91 Å². The first kappa shape index (κ1) is 20.4. The number of nitrogens with zero attached hydrogens (tertiary/aromatic N) is 4. The van der Waals surface area contributed by atoms with Crippen molar-refractivity contribution in [2.75, 3.05) is 0 Å². The minimum atomic E-state index is -0.120. The van der Waals surface area contributed by atoms with Crippen molar-refractivity contribution in [2.24, 2.45) is 0 Å². The molecule has 0 radical (unpaired) electrons. The van der Waals surface area contributed by atoms with E-state index in [9.17, 15) is 4.79 Å². The lowest BCUT2D eigenvalue weighted by molar-refractivity contribution is 0.0951. The smallest absolute Gasteiger partial charge is 0.251 e. The maximum Gasteiger partial charge on any atom is 0.251 e. The molecule has 2 aromatic carbocycles. The number of nitrogens with one attached hydrogen (secondary N) is 1. The van der Waals surface area contributed by atoms with Gasteiger partial charge in [0.2, 0.25) is 0 Å². The molecule has 0 saturated heterocycles. The van der Waals surface area contributed by atoms with Crippen LogP contribution < -0.4 is 5.32 Å². The Kier molecular flexibility index (Phi) is 5.96. The molecule has 1 N–H and O–H groups in total. The van der Waals surface area contributed by atoms with E-state index in [0.717, 1.165) is 26.7 Å². The average molecular weight is 458 g/mol. The number of para-hydroxylation sites is 1. The van der Waals surface area contributed by atoms with E-state index in [-0.39, 0.29) is 5.91 Å². The molecular formula is C24H19N5OS2. The highest BCUT2D eigenvalue weighted by molar-refractivity contribution is 8.00. The third-order valence-electron chi connectivity index (χ3n) is 4.88. The number of pyridine rings is 1. The molecular weight excluding hydrogens is 438 g/mol. The summed E-state index contributed by atoms with van der Waals surface area (Å²) in [7, 11) is 0. The van der Waals surface area contributed by atoms with E-state index in [1.807, 2.05) is 66.9 Å². The zero-order valence-corrected chi connectivity index (χ0v) is 18.6. The van der Waals surface area contributed by atoms with Gasteiger partial charge in [-0.25, -0.2) is 14.6 Å². The Bertz CT molecular complexity index is 1310. The lowest BCUT2D eigenvalue weighted by Gasteiger charge is -2.10. The number of hydrogen-bond acceptors (Lipinski definition) is 6. The van der Waals surface area contributed by atoms with Crippen LogP contribution in [-0.2, 0) is 12.3 Å². The number of hydrogen-bond donors (Lipinski definition) is 1. The number of carbonyl (C=O) groups excluding carboxylic acids is 1. The van der Waals surface area contributed by atoms with Crippen molar-refractivity contribution >= 4 is 39.2 Å². The van der Waals surface area contributed by atoms with E-state index in [4.69, 9.17) is 0 Å². The molecule has 0 aliphatic heterocycles. The summed E-state index contributed by atoms with van der Waals surface area (Å²) in [6, 6.07) is 21.5. The SMILES string of the molecule is O=C(NCc1cccnc1-n1cccn1)c1ccc(CSc2nc3ccccc3s2)cc1. The van der Waals surface area contributed by atoms with E-state index in [1.54, 1.807) is 40.2 Å². The summed E-state index contributed by atoms with van der Waals surface area (Å²) in [5, 5.41) is 7.21. The normalized spacial score (nSPS) is 11.0. The van der Waals surface area contributed by atoms with Crippen LogP contribution in [0.2, 0.25) is 0 Å². The highest BCUT2D eigenvalue weighted by Gasteiger charge is 2.10. The standard InChI is InChI=1S/C24H19N5OS2/c30-23(26-15-19-5-3-12-25-22(19)29-14-4-13-27-29)18-10-8-17(9-11-18)16-31-24-28-20-6-1-2-7-21(20)32-24/h1-14H,15-16H2,(H,26,30). The van der Waals surface area contributed by atoms with Gasteiger partial charge in [0, 0.05) is 42.0 Å². The highest BCUT2D eigenvalue weighted by atomic mass is 32.2. The molecule has 0 aliphatic carbocycles. The zero-order valence-electron chi connectivity index (χ0n) is 17.0. The Morgan fingerprint density at radius 3 is 2.69 bits per heavy atom. The largest absolute Gasteiger partial charge is 0.348 e. The first-order valence-electron chi connectivity index (χ1n) is 10.1. The van der Waals surface area contributed by atoms with Crippen LogP contribution in [0.4, 0.5) is 0 Å². The van der Waals surface area contributed by atoms with E-state index < -0.39 is 0 Å². The molecule has 5 aromatic rings. The van der Waals surface area contributed by atoms with Gasteiger partial charge in [-0.05, 0) is 42.0 Å². The maximum atomic E-state index is 12.6. The van der Waals surface area contributed by atoms with Gasteiger partial charge < -0.3 is 5.32 Å². The van der Waals surface area contributed by atoms with E-state index in [2.05, 4.69) is 26.4 Å². The third kappa shape index (κ3) is 4.56. The number of benzene rings is 2. The lowest BCUT2D eigenvalue weighted by Crippen LogP contribution is -2.23. The summed E-state index contributed by atoms with van der Waals surface area (Å²) in [6.45, 7) is 0.372. The molecule has 0 fully saturated rings.